The summed E-state index contributed by atoms with van der Waals surface area (Å²) >= 11 is 0. The maximum atomic E-state index is 11.7. The molecular weight excluding hydrogens is 238 g/mol. The van der Waals surface area contributed by atoms with Crippen LogP contribution in [0.15, 0.2) is 36.2 Å². The highest BCUT2D eigenvalue weighted by atomic mass is 16.1. The van der Waals surface area contributed by atoms with Crippen molar-refractivity contribution in [2.24, 2.45) is 0 Å². The first-order chi connectivity index (χ1) is 9.34. The van der Waals surface area contributed by atoms with Crippen LogP contribution in [0.3, 0.4) is 0 Å². The van der Waals surface area contributed by atoms with Crippen molar-refractivity contribution < 1.29 is 4.79 Å². The summed E-state index contributed by atoms with van der Waals surface area (Å²) in [5.41, 5.74) is 2.56. The minimum Gasteiger partial charge on any atom is -0.356 e. The molecule has 0 bridgehead atoms. The van der Waals surface area contributed by atoms with Crippen LogP contribution in [0.2, 0.25) is 0 Å². The fraction of sp³-hybridized carbons (Fsp3) is 0.467. The van der Waals surface area contributed by atoms with Crippen molar-refractivity contribution in [1.82, 2.24) is 15.6 Å². The number of aryl methyl sites for hydroxylation is 1. The number of hydrogen-bond acceptors (Lipinski definition) is 3. The summed E-state index contributed by atoms with van der Waals surface area (Å²) in [5.74, 6) is 0.124. The Balaban J connectivity index is 1.61. The Morgan fingerprint density at radius 1 is 1.42 bits per heavy atom. The molecule has 0 aliphatic carbocycles. The Bertz CT molecular complexity index is 428. The van der Waals surface area contributed by atoms with E-state index in [0.717, 1.165) is 44.5 Å². The van der Waals surface area contributed by atoms with E-state index >= 15 is 0 Å². The van der Waals surface area contributed by atoms with E-state index in [4.69, 9.17) is 0 Å². The van der Waals surface area contributed by atoms with Crippen molar-refractivity contribution in [3.8, 4) is 0 Å². The Hall–Kier alpha value is -1.68. The van der Waals surface area contributed by atoms with Crippen LogP contribution in [0.4, 0.5) is 0 Å². The fourth-order valence-electron chi connectivity index (χ4n) is 2.15. The average Bonchev–Trinajstić information content (AvgIpc) is 2.47. The monoisotopic (exact) mass is 259 g/mol. The van der Waals surface area contributed by atoms with Gasteiger partial charge in [0, 0.05) is 31.9 Å². The lowest BCUT2D eigenvalue weighted by atomic mass is 10.1. The number of amides is 1. The van der Waals surface area contributed by atoms with Crippen molar-refractivity contribution in [3.05, 3.63) is 41.7 Å². The molecule has 1 aromatic heterocycles. The van der Waals surface area contributed by atoms with Crippen LogP contribution in [0, 0.1) is 0 Å². The minimum atomic E-state index is 0.124. The number of carbonyl (C=O) groups excluding carboxylic acids is 1. The van der Waals surface area contributed by atoms with E-state index in [9.17, 15) is 4.79 Å². The molecule has 0 spiro atoms. The largest absolute Gasteiger partial charge is 0.356 e. The second-order valence-electron chi connectivity index (χ2n) is 4.78. The quantitative estimate of drug-likeness (QED) is 0.760. The van der Waals surface area contributed by atoms with Gasteiger partial charge in [0.15, 0.2) is 0 Å². The first-order valence-electron chi connectivity index (χ1n) is 6.89. The van der Waals surface area contributed by atoms with Crippen molar-refractivity contribution >= 4 is 5.91 Å². The lowest BCUT2D eigenvalue weighted by Gasteiger charge is -2.14. The summed E-state index contributed by atoms with van der Waals surface area (Å²) in [6, 6.07) is 3.90. The molecule has 0 saturated heterocycles. The third-order valence-corrected chi connectivity index (χ3v) is 3.29. The lowest BCUT2D eigenvalue weighted by Crippen LogP contribution is -2.26. The number of carbonyl (C=O) groups is 1. The smallest absolute Gasteiger partial charge is 0.220 e. The average molecular weight is 259 g/mol. The molecule has 2 heterocycles. The van der Waals surface area contributed by atoms with Crippen molar-refractivity contribution in [1.29, 1.82) is 0 Å². The van der Waals surface area contributed by atoms with E-state index in [2.05, 4.69) is 21.7 Å². The normalized spacial score (nSPS) is 14.8. The first-order valence-corrected chi connectivity index (χ1v) is 6.89. The molecule has 2 N–H and O–H groups in total. The second kappa shape index (κ2) is 7.69. The Labute approximate surface area is 114 Å². The summed E-state index contributed by atoms with van der Waals surface area (Å²) in [4.78, 5) is 15.7. The molecule has 0 atom stereocenters. The van der Waals surface area contributed by atoms with Crippen LogP contribution >= 0.6 is 0 Å². The van der Waals surface area contributed by atoms with Gasteiger partial charge in [-0.25, -0.2) is 0 Å². The SMILES string of the molecule is O=C(CCc1cccnc1)NCCC1=CCNCC1. The van der Waals surface area contributed by atoms with Gasteiger partial charge < -0.3 is 10.6 Å². The van der Waals surface area contributed by atoms with E-state index in [1.54, 1.807) is 6.20 Å². The summed E-state index contributed by atoms with van der Waals surface area (Å²) < 4.78 is 0. The van der Waals surface area contributed by atoms with Gasteiger partial charge in [0.1, 0.15) is 0 Å². The molecule has 0 aromatic carbocycles. The summed E-state index contributed by atoms with van der Waals surface area (Å²) in [5, 5.41) is 6.26. The number of nitrogens with zero attached hydrogens (tertiary/aromatic N) is 1. The molecule has 1 aliphatic heterocycles. The first kappa shape index (κ1) is 13.7. The molecule has 4 nitrogen and oxygen atoms in total. The predicted octanol–water partition coefficient (Wildman–Crippen LogP) is 1.44. The number of pyridine rings is 1. The predicted molar refractivity (Wildman–Crippen MR) is 75.8 cm³/mol. The van der Waals surface area contributed by atoms with E-state index in [1.165, 1.54) is 5.57 Å². The molecule has 1 aliphatic rings. The highest BCUT2D eigenvalue weighted by molar-refractivity contribution is 5.76. The number of aromatic nitrogens is 1. The van der Waals surface area contributed by atoms with Gasteiger partial charge >= 0.3 is 0 Å². The topological polar surface area (TPSA) is 54.0 Å². The van der Waals surface area contributed by atoms with Gasteiger partial charge in [0.25, 0.3) is 0 Å². The standard InChI is InChI=1S/C15H21N3O/c19-15(4-3-14-2-1-8-17-12-14)18-11-7-13-5-9-16-10-6-13/h1-2,5,8,12,16H,3-4,6-7,9-11H2,(H,18,19). The van der Waals surface area contributed by atoms with E-state index in [0.29, 0.717) is 6.42 Å². The molecule has 4 heteroatoms. The number of rotatable bonds is 6. The number of hydrogen-bond donors (Lipinski definition) is 2. The fourth-order valence-corrected chi connectivity index (χ4v) is 2.15. The van der Waals surface area contributed by atoms with Crippen LogP contribution < -0.4 is 10.6 Å². The van der Waals surface area contributed by atoms with Gasteiger partial charge in [-0.2, -0.15) is 0 Å². The molecule has 0 saturated carbocycles. The molecule has 0 unspecified atom stereocenters. The van der Waals surface area contributed by atoms with Crippen LogP contribution in [0.5, 0.6) is 0 Å². The summed E-state index contributed by atoms with van der Waals surface area (Å²) in [7, 11) is 0. The van der Waals surface area contributed by atoms with Gasteiger partial charge in [0.2, 0.25) is 5.91 Å². The zero-order chi connectivity index (χ0) is 13.3. The Morgan fingerprint density at radius 2 is 2.37 bits per heavy atom. The zero-order valence-electron chi connectivity index (χ0n) is 11.2. The highest BCUT2D eigenvalue weighted by Gasteiger charge is 2.05. The van der Waals surface area contributed by atoms with Crippen LogP contribution in [-0.4, -0.2) is 30.5 Å². The summed E-state index contributed by atoms with van der Waals surface area (Å²) in [6.45, 7) is 2.77. The van der Waals surface area contributed by atoms with Crippen LogP contribution in [-0.2, 0) is 11.2 Å². The van der Waals surface area contributed by atoms with Crippen molar-refractivity contribution in [2.45, 2.75) is 25.7 Å². The zero-order valence-corrected chi connectivity index (χ0v) is 11.2. The van der Waals surface area contributed by atoms with Crippen molar-refractivity contribution in [2.75, 3.05) is 19.6 Å². The van der Waals surface area contributed by atoms with Gasteiger partial charge in [-0.15, -0.1) is 0 Å². The van der Waals surface area contributed by atoms with Crippen LogP contribution in [0.1, 0.15) is 24.8 Å². The van der Waals surface area contributed by atoms with Crippen molar-refractivity contribution in [3.63, 3.8) is 0 Å². The van der Waals surface area contributed by atoms with Gasteiger partial charge in [0.05, 0.1) is 0 Å². The molecule has 1 amide bonds. The van der Waals surface area contributed by atoms with E-state index in [-0.39, 0.29) is 5.91 Å². The molecule has 19 heavy (non-hydrogen) atoms. The van der Waals surface area contributed by atoms with Gasteiger partial charge in [-0.05, 0) is 37.4 Å². The maximum absolute atomic E-state index is 11.7. The lowest BCUT2D eigenvalue weighted by molar-refractivity contribution is -0.121. The molecule has 0 radical (unpaired) electrons. The van der Waals surface area contributed by atoms with Gasteiger partial charge in [-0.3, -0.25) is 9.78 Å². The Morgan fingerprint density at radius 3 is 3.11 bits per heavy atom. The molecule has 1 aromatic rings. The second-order valence-corrected chi connectivity index (χ2v) is 4.78. The minimum absolute atomic E-state index is 0.124. The molecule has 0 fully saturated rings. The van der Waals surface area contributed by atoms with Crippen LogP contribution in [0.25, 0.3) is 0 Å². The Kier molecular flexibility index (Phi) is 5.56. The van der Waals surface area contributed by atoms with E-state index in [1.807, 2.05) is 18.3 Å². The number of nitrogens with one attached hydrogen (secondary N) is 2. The third-order valence-electron chi connectivity index (χ3n) is 3.29. The van der Waals surface area contributed by atoms with Gasteiger partial charge in [-0.1, -0.05) is 17.7 Å². The molecule has 102 valence electrons. The molecular formula is C15H21N3O. The summed E-state index contributed by atoms with van der Waals surface area (Å²) in [6.07, 6.45) is 9.15. The van der Waals surface area contributed by atoms with E-state index < -0.39 is 0 Å². The third kappa shape index (κ3) is 5.22. The molecule has 2 rings (SSSR count). The highest BCUT2D eigenvalue weighted by Crippen LogP contribution is 2.08. The maximum Gasteiger partial charge on any atom is 0.220 e.